The highest BCUT2D eigenvalue weighted by atomic mass is 32.2. The van der Waals surface area contributed by atoms with Crippen molar-refractivity contribution in [2.75, 3.05) is 5.75 Å². The van der Waals surface area contributed by atoms with Gasteiger partial charge in [0, 0.05) is 10.5 Å². The fourth-order valence-corrected chi connectivity index (χ4v) is 2.42. The number of aldehydes is 1. The number of hydrogen-bond acceptors (Lipinski definition) is 2. The van der Waals surface area contributed by atoms with Crippen LogP contribution in [-0.4, -0.2) is 12.0 Å². The van der Waals surface area contributed by atoms with Crippen LogP contribution in [0.4, 0.5) is 0 Å². The van der Waals surface area contributed by atoms with Gasteiger partial charge in [0.2, 0.25) is 0 Å². The highest BCUT2D eigenvalue weighted by Crippen LogP contribution is 2.25. The van der Waals surface area contributed by atoms with Gasteiger partial charge in [0.15, 0.2) is 0 Å². The Kier molecular flexibility index (Phi) is 5.48. The van der Waals surface area contributed by atoms with E-state index in [0.29, 0.717) is 0 Å². The molecule has 15 heavy (non-hydrogen) atoms. The van der Waals surface area contributed by atoms with Crippen LogP contribution in [0.1, 0.15) is 42.6 Å². The fraction of sp³-hybridized carbons (Fsp3) is 0.462. The molecule has 0 spiro atoms. The van der Waals surface area contributed by atoms with Gasteiger partial charge in [-0.1, -0.05) is 26.3 Å². The first-order valence-electron chi connectivity index (χ1n) is 5.52. The number of benzene rings is 1. The summed E-state index contributed by atoms with van der Waals surface area (Å²) in [5, 5.41) is 0. The van der Waals surface area contributed by atoms with Crippen molar-refractivity contribution >= 4 is 18.0 Å². The molecule has 0 aliphatic rings. The zero-order chi connectivity index (χ0) is 11.1. The van der Waals surface area contributed by atoms with Crippen LogP contribution >= 0.6 is 11.8 Å². The second kappa shape index (κ2) is 6.67. The van der Waals surface area contributed by atoms with Gasteiger partial charge >= 0.3 is 0 Å². The van der Waals surface area contributed by atoms with E-state index in [1.54, 1.807) is 0 Å². The molecule has 0 bridgehead atoms. The van der Waals surface area contributed by atoms with Crippen LogP contribution in [-0.2, 0) is 6.42 Å². The van der Waals surface area contributed by atoms with Gasteiger partial charge in [-0.25, -0.2) is 0 Å². The minimum Gasteiger partial charge on any atom is -0.298 e. The minimum absolute atomic E-state index is 0.791. The summed E-state index contributed by atoms with van der Waals surface area (Å²) in [7, 11) is 0. The first kappa shape index (κ1) is 12.3. The number of carbonyl (C=O) groups excluding carboxylic acids is 1. The molecular formula is C13H18OS. The van der Waals surface area contributed by atoms with Gasteiger partial charge in [-0.05, 0) is 36.3 Å². The molecular weight excluding hydrogens is 204 g/mol. The molecule has 0 heterocycles. The Bertz CT molecular complexity index is 320. The van der Waals surface area contributed by atoms with Crippen LogP contribution < -0.4 is 0 Å². The van der Waals surface area contributed by atoms with Crippen molar-refractivity contribution in [3.63, 3.8) is 0 Å². The monoisotopic (exact) mass is 222 g/mol. The van der Waals surface area contributed by atoms with Crippen molar-refractivity contribution in [1.82, 2.24) is 0 Å². The molecule has 0 saturated carbocycles. The van der Waals surface area contributed by atoms with Gasteiger partial charge in [0.05, 0.1) is 0 Å². The van der Waals surface area contributed by atoms with E-state index in [1.165, 1.54) is 16.9 Å². The zero-order valence-corrected chi connectivity index (χ0v) is 10.3. The van der Waals surface area contributed by atoms with Crippen molar-refractivity contribution in [3.05, 3.63) is 29.3 Å². The number of aryl methyl sites for hydroxylation is 1. The second-order valence-electron chi connectivity index (χ2n) is 3.58. The van der Waals surface area contributed by atoms with E-state index in [9.17, 15) is 4.79 Å². The summed E-state index contributed by atoms with van der Waals surface area (Å²) in [5.41, 5.74) is 2.11. The molecule has 0 amide bonds. The first-order valence-corrected chi connectivity index (χ1v) is 6.51. The summed E-state index contributed by atoms with van der Waals surface area (Å²) in [6.07, 6.45) is 4.30. The third-order valence-electron chi connectivity index (χ3n) is 2.20. The van der Waals surface area contributed by atoms with Crippen LogP contribution in [0.15, 0.2) is 23.1 Å². The van der Waals surface area contributed by atoms with Crippen molar-refractivity contribution in [3.8, 4) is 0 Å². The molecule has 0 N–H and O–H groups in total. The molecule has 0 saturated heterocycles. The van der Waals surface area contributed by atoms with E-state index in [2.05, 4.69) is 19.9 Å². The van der Waals surface area contributed by atoms with Crippen molar-refractivity contribution in [2.45, 2.75) is 38.0 Å². The average molecular weight is 222 g/mol. The topological polar surface area (TPSA) is 17.1 Å². The van der Waals surface area contributed by atoms with Crippen molar-refractivity contribution in [2.24, 2.45) is 0 Å². The quantitative estimate of drug-likeness (QED) is 0.535. The summed E-state index contributed by atoms with van der Waals surface area (Å²) in [6.45, 7) is 4.36. The predicted molar refractivity (Wildman–Crippen MR) is 66.8 cm³/mol. The van der Waals surface area contributed by atoms with E-state index in [1.807, 2.05) is 23.9 Å². The van der Waals surface area contributed by atoms with Crippen molar-refractivity contribution < 1.29 is 4.79 Å². The highest BCUT2D eigenvalue weighted by molar-refractivity contribution is 7.99. The molecule has 0 atom stereocenters. The van der Waals surface area contributed by atoms with Gasteiger partial charge in [-0.2, -0.15) is 0 Å². The summed E-state index contributed by atoms with van der Waals surface area (Å²) < 4.78 is 0. The van der Waals surface area contributed by atoms with E-state index in [4.69, 9.17) is 0 Å². The number of carbonyl (C=O) groups is 1. The van der Waals surface area contributed by atoms with Crippen LogP contribution in [0, 0.1) is 0 Å². The first-order chi connectivity index (χ1) is 7.31. The van der Waals surface area contributed by atoms with Gasteiger partial charge < -0.3 is 0 Å². The van der Waals surface area contributed by atoms with Crippen LogP contribution in [0.5, 0.6) is 0 Å². The maximum absolute atomic E-state index is 10.7. The minimum atomic E-state index is 0.791. The molecule has 82 valence electrons. The molecule has 0 aromatic heterocycles. The summed E-state index contributed by atoms with van der Waals surface area (Å²) in [5.74, 6) is 1.15. The lowest BCUT2D eigenvalue weighted by Crippen LogP contribution is -1.91. The van der Waals surface area contributed by atoms with E-state index >= 15 is 0 Å². The largest absolute Gasteiger partial charge is 0.298 e. The number of rotatable bonds is 6. The molecule has 1 rings (SSSR count). The number of hydrogen-bond donors (Lipinski definition) is 0. The molecule has 0 unspecified atom stereocenters. The average Bonchev–Trinajstić information content (AvgIpc) is 2.27. The predicted octanol–water partition coefficient (Wildman–Crippen LogP) is 3.95. The smallest absolute Gasteiger partial charge is 0.150 e. The third kappa shape index (κ3) is 3.71. The maximum Gasteiger partial charge on any atom is 0.150 e. The number of thioether (sulfide) groups is 1. The van der Waals surface area contributed by atoms with Gasteiger partial charge in [-0.15, -0.1) is 11.8 Å². The summed E-state index contributed by atoms with van der Waals surface area (Å²) in [6, 6.07) is 6.01. The molecule has 0 aliphatic carbocycles. The van der Waals surface area contributed by atoms with Gasteiger partial charge in [0.1, 0.15) is 6.29 Å². The molecule has 0 radical (unpaired) electrons. The van der Waals surface area contributed by atoms with Crippen LogP contribution in [0.3, 0.4) is 0 Å². The van der Waals surface area contributed by atoms with E-state index in [-0.39, 0.29) is 0 Å². The molecule has 1 aromatic rings. The standard InChI is InChI=1S/C13H18OS/c1-3-5-12-9-11(10-14)6-7-13(12)15-8-4-2/h6-7,9-10H,3-5,8H2,1-2H3. The van der Waals surface area contributed by atoms with Crippen LogP contribution in [0.2, 0.25) is 0 Å². The Hall–Kier alpha value is -0.760. The lowest BCUT2D eigenvalue weighted by atomic mass is 10.1. The molecule has 0 aliphatic heterocycles. The van der Waals surface area contributed by atoms with Gasteiger partial charge in [-0.3, -0.25) is 4.79 Å². The molecule has 1 nitrogen and oxygen atoms in total. The molecule has 1 aromatic carbocycles. The Morgan fingerprint density at radius 1 is 1.27 bits per heavy atom. The summed E-state index contributed by atoms with van der Waals surface area (Å²) in [4.78, 5) is 12.0. The second-order valence-corrected chi connectivity index (χ2v) is 4.72. The lowest BCUT2D eigenvalue weighted by Gasteiger charge is -2.08. The molecule has 0 fully saturated rings. The highest BCUT2D eigenvalue weighted by Gasteiger charge is 2.03. The SMILES string of the molecule is CCCSc1ccc(C=O)cc1CCC. The molecule has 2 heteroatoms. The van der Waals surface area contributed by atoms with E-state index < -0.39 is 0 Å². The third-order valence-corrected chi connectivity index (χ3v) is 3.52. The lowest BCUT2D eigenvalue weighted by molar-refractivity contribution is 0.112. The Labute approximate surface area is 96.3 Å². The van der Waals surface area contributed by atoms with Crippen LogP contribution in [0.25, 0.3) is 0 Å². The zero-order valence-electron chi connectivity index (χ0n) is 9.45. The summed E-state index contributed by atoms with van der Waals surface area (Å²) >= 11 is 1.89. The normalized spacial score (nSPS) is 10.3. The Morgan fingerprint density at radius 2 is 2.07 bits per heavy atom. The Balaban J connectivity index is 2.87. The van der Waals surface area contributed by atoms with Gasteiger partial charge in [0.25, 0.3) is 0 Å². The fourth-order valence-electron chi connectivity index (χ4n) is 1.49. The van der Waals surface area contributed by atoms with E-state index in [0.717, 1.165) is 30.4 Å². The van der Waals surface area contributed by atoms with Crippen molar-refractivity contribution in [1.29, 1.82) is 0 Å². The Morgan fingerprint density at radius 3 is 2.67 bits per heavy atom. The maximum atomic E-state index is 10.7.